The summed E-state index contributed by atoms with van der Waals surface area (Å²) in [5.74, 6) is 0. The lowest BCUT2D eigenvalue weighted by Crippen LogP contribution is -2.26. The Kier molecular flexibility index (Phi) is 4.75. The van der Waals surface area contributed by atoms with Gasteiger partial charge in [-0.25, -0.2) is 0 Å². The highest BCUT2D eigenvalue weighted by molar-refractivity contribution is 5.64. The maximum absolute atomic E-state index is 4.27. The first-order valence-electron chi connectivity index (χ1n) is 5.93. The first-order valence-corrected chi connectivity index (χ1v) is 5.93. The molecule has 0 aliphatic heterocycles. The van der Waals surface area contributed by atoms with Crippen LogP contribution in [-0.4, -0.2) is 12.4 Å². The van der Waals surface area contributed by atoms with Crippen molar-refractivity contribution in [2.75, 3.05) is 0 Å². The number of aromatic nitrogens is 2. The highest BCUT2D eigenvalue weighted by atomic mass is 15.3. The molecule has 90 valence electrons. The normalized spacial score (nSPS) is 11.3. The summed E-state index contributed by atoms with van der Waals surface area (Å²) in [5.41, 5.74) is 0. The molecular formula is C14H16N4+2. The number of unbranched alkanes of at least 4 members (excludes halogenated alkanes) is 1. The van der Waals surface area contributed by atoms with Crippen LogP contribution in [-0.2, 0) is 0 Å². The van der Waals surface area contributed by atoms with Gasteiger partial charge >= 0.3 is 0 Å². The van der Waals surface area contributed by atoms with Gasteiger partial charge in [0.15, 0.2) is 0 Å². The second-order valence-electron chi connectivity index (χ2n) is 3.68. The third-order valence-corrected chi connectivity index (χ3v) is 2.25. The van der Waals surface area contributed by atoms with Crippen LogP contribution in [0.3, 0.4) is 0 Å². The van der Waals surface area contributed by atoms with Gasteiger partial charge in [0, 0.05) is 24.3 Å². The summed E-state index contributed by atoms with van der Waals surface area (Å²) in [7, 11) is 0. The highest BCUT2D eigenvalue weighted by Gasteiger charge is 1.92. The second kappa shape index (κ2) is 7.06. The van der Waals surface area contributed by atoms with E-state index in [0.29, 0.717) is 0 Å². The summed E-state index contributed by atoms with van der Waals surface area (Å²) in [6.45, 7) is 0. The van der Waals surface area contributed by atoms with Crippen molar-refractivity contribution in [3.63, 3.8) is 0 Å². The van der Waals surface area contributed by atoms with Gasteiger partial charge in [-0.3, -0.25) is 0 Å². The van der Waals surface area contributed by atoms with Crippen molar-refractivity contribution in [3.05, 3.63) is 61.2 Å². The molecule has 0 N–H and O–H groups in total. The molecule has 0 unspecified atom stereocenters. The van der Waals surface area contributed by atoms with E-state index < -0.39 is 0 Å². The van der Waals surface area contributed by atoms with Crippen molar-refractivity contribution in [1.82, 2.24) is 0 Å². The predicted molar refractivity (Wildman–Crippen MR) is 70.3 cm³/mol. The lowest BCUT2D eigenvalue weighted by molar-refractivity contribution is -0.678. The predicted octanol–water partition coefficient (Wildman–Crippen LogP) is 1.41. The van der Waals surface area contributed by atoms with Crippen LogP contribution >= 0.6 is 0 Å². The average molecular weight is 240 g/mol. The zero-order chi connectivity index (χ0) is 12.5. The maximum Gasteiger partial charge on any atom is 0.202 e. The van der Waals surface area contributed by atoms with Gasteiger partial charge in [0.1, 0.15) is 0 Å². The molecule has 0 aliphatic rings. The van der Waals surface area contributed by atoms with E-state index in [1.165, 1.54) is 0 Å². The molecule has 0 spiro atoms. The van der Waals surface area contributed by atoms with Crippen molar-refractivity contribution in [2.45, 2.75) is 12.8 Å². The van der Waals surface area contributed by atoms with E-state index in [2.05, 4.69) is 10.2 Å². The van der Waals surface area contributed by atoms with Gasteiger partial charge in [0.25, 0.3) is 0 Å². The largest absolute Gasteiger partial charge is 0.202 e. The summed E-state index contributed by atoms with van der Waals surface area (Å²) in [4.78, 5) is 0. The third kappa shape index (κ3) is 4.25. The summed E-state index contributed by atoms with van der Waals surface area (Å²) < 4.78 is 3.56. The molecule has 0 saturated heterocycles. The van der Waals surface area contributed by atoms with E-state index in [1.807, 2.05) is 73.6 Å². The Morgan fingerprint density at radius 3 is 1.39 bits per heavy atom. The zero-order valence-corrected chi connectivity index (χ0v) is 10.1. The highest BCUT2D eigenvalue weighted by Crippen LogP contribution is 1.82. The minimum absolute atomic E-state index is 0.874. The van der Waals surface area contributed by atoms with Gasteiger partial charge in [0.2, 0.25) is 24.8 Å². The number of hydrogen-bond acceptors (Lipinski definition) is 2. The average Bonchev–Trinajstić information content (AvgIpc) is 2.45. The van der Waals surface area contributed by atoms with Crippen molar-refractivity contribution in [1.29, 1.82) is 0 Å². The molecule has 4 heteroatoms. The van der Waals surface area contributed by atoms with Crippen LogP contribution in [0.5, 0.6) is 0 Å². The van der Waals surface area contributed by atoms with Crippen molar-refractivity contribution in [3.8, 4) is 0 Å². The Labute approximate surface area is 107 Å². The Morgan fingerprint density at radius 1 is 0.611 bits per heavy atom. The molecule has 0 amide bonds. The lowest BCUT2D eigenvalue weighted by atomic mass is 10.3. The van der Waals surface area contributed by atoms with Gasteiger partial charge in [-0.1, -0.05) is 21.5 Å². The van der Waals surface area contributed by atoms with Crippen LogP contribution in [0.15, 0.2) is 71.4 Å². The van der Waals surface area contributed by atoms with Gasteiger partial charge in [-0.2, -0.15) is 0 Å². The molecular weight excluding hydrogens is 224 g/mol. The molecule has 2 heterocycles. The SMILES string of the molecule is C(/CC/C=N\[n+]1ccccc1)=N/[n+]1ccccc1. The fourth-order valence-corrected chi connectivity index (χ4v) is 1.39. The quantitative estimate of drug-likeness (QED) is 0.430. The minimum atomic E-state index is 0.874. The molecule has 2 aromatic heterocycles. The van der Waals surface area contributed by atoms with E-state index >= 15 is 0 Å². The van der Waals surface area contributed by atoms with Crippen LogP contribution in [0.25, 0.3) is 0 Å². The zero-order valence-electron chi connectivity index (χ0n) is 10.1. The molecule has 0 saturated carbocycles. The number of rotatable bonds is 5. The third-order valence-electron chi connectivity index (χ3n) is 2.25. The summed E-state index contributed by atoms with van der Waals surface area (Å²) in [6, 6.07) is 11.7. The Morgan fingerprint density at radius 2 is 1.00 bits per heavy atom. The number of pyridine rings is 2. The summed E-state index contributed by atoms with van der Waals surface area (Å²) in [6.07, 6.45) is 13.2. The summed E-state index contributed by atoms with van der Waals surface area (Å²) in [5, 5.41) is 8.55. The van der Waals surface area contributed by atoms with Crippen LogP contribution < -0.4 is 9.35 Å². The van der Waals surface area contributed by atoms with Crippen LogP contribution in [0.1, 0.15) is 12.8 Å². The van der Waals surface area contributed by atoms with E-state index in [-0.39, 0.29) is 0 Å². The molecule has 0 aliphatic carbocycles. The fraction of sp³-hybridized carbons (Fsp3) is 0.143. The van der Waals surface area contributed by atoms with Gasteiger partial charge in [-0.15, -0.1) is 0 Å². The lowest BCUT2D eigenvalue weighted by Gasteiger charge is -1.85. The van der Waals surface area contributed by atoms with E-state index in [9.17, 15) is 0 Å². The van der Waals surface area contributed by atoms with Crippen molar-refractivity contribution >= 4 is 12.4 Å². The van der Waals surface area contributed by atoms with Crippen LogP contribution in [0, 0.1) is 0 Å². The number of nitrogens with zero attached hydrogens (tertiary/aromatic N) is 4. The molecule has 0 atom stereocenters. The Hall–Kier alpha value is -2.36. The molecule has 0 bridgehead atoms. The first-order chi connectivity index (χ1) is 8.95. The molecule has 4 nitrogen and oxygen atoms in total. The van der Waals surface area contributed by atoms with Crippen molar-refractivity contribution in [2.24, 2.45) is 10.2 Å². The summed E-state index contributed by atoms with van der Waals surface area (Å²) >= 11 is 0. The molecule has 18 heavy (non-hydrogen) atoms. The second-order valence-corrected chi connectivity index (χ2v) is 3.68. The maximum atomic E-state index is 4.27. The van der Waals surface area contributed by atoms with Gasteiger partial charge in [0.05, 0.1) is 12.4 Å². The number of hydrogen-bond donors (Lipinski definition) is 0. The van der Waals surface area contributed by atoms with Crippen LogP contribution in [0.2, 0.25) is 0 Å². The standard InChI is InChI=1S/C14H16N4/c1-5-11-17(12-6-1)15-9-3-4-10-16-18-13-7-2-8-14-18/h1-2,5-14H,3-4H2/q+2/b15-9-,16-10-. The van der Waals surface area contributed by atoms with E-state index in [4.69, 9.17) is 0 Å². The first kappa shape index (κ1) is 12.1. The fourth-order valence-electron chi connectivity index (χ4n) is 1.39. The molecule has 0 radical (unpaired) electrons. The smallest absolute Gasteiger partial charge is 0.0600 e. The minimum Gasteiger partial charge on any atom is -0.0600 e. The van der Waals surface area contributed by atoms with Crippen LogP contribution in [0.4, 0.5) is 0 Å². The van der Waals surface area contributed by atoms with E-state index in [0.717, 1.165) is 12.8 Å². The molecule has 0 aromatic carbocycles. The Balaban J connectivity index is 1.73. The molecule has 0 fully saturated rings. The molecule has 2 aromatic rings. The van der Waals surface area contributed by atoms with Crippen molar-refractivity contribution < 1.29 is 9.35 Å². The van der Waals surface area contributed by atoms with Gasteiger partial charge < -0.3 is 0 Å². The van der Waals surface area contributed by atoms with E-state index in [1.54, 1.807) is 9.35 Å². The topological polar surface area (TPSA) is 32.5 Å². The Bertz CT molecular complexity index is 456. The van der Waals surface area contributed by atoms with Gasteiger partial charge in [-0.05, 0) is 23.0 Å². The monoisotopic (exact) mass is 240 g/mol. The molecule has 2 rings (SSSR count).